The number of para-hydroxylation sites is 1. The highest BCUT2D eigenvalue weighted by atomic mass is 16.5. The molecule has 0 bridgehead atoms. The summed E-state index contributed by atoms with van der Waals surface area (Å²) < 4.78 is 7.52. The molecular formula is C24H29N3O2. The molecule has 4 rings (SSSR count). The number of aromatic nitrogens is 2. The van der Waals surface area contributed by atoms with Gasteiger partial charge in [0.15, 0.2) is 5.69 Å². The van der Waals surface area contributed by atoms with Gasteiger partial charge in [0.1, 0.15) is 0 Å². The van der Waals surface area contributed by atoms with Crippen molar-refractivity contribution < 1.29 is 9.53 Å². The van der Waals surface area contributed by atoms with Crippen molar-refractivity contribution in [1.82, 2.24) is 15.1 Å². The summed E-state index contributed by atoms with van der Waals surface area (Å²) in [4.78, 5) is 12.8. The van der Waals surface area contributed by atoms with Crippen molar-refractivity contribution in [3.8, 4) is 0 Å². The fourth-order valence-corrected chi connectivity index (χ4v) is 3.79. The number of amides is 1. The van der Waals surface area contributed by atoms with Gasteiger partial charge in [0.25, 0.3) is 5.91 Å². The van der Waals surface area contributed by atoms with Gasteiger partial charge in [-0.05, 0) is 35.4 Å². The fourth-order valence-electron chi connectivity index (χ4n) is 3.79. The van der Waals surface area contributed by atoms with Gasteiger partial charge in [-0.3, -0.25) is 9.48 Å². The molecule has 2 heterocycles. The van der Waals surface area contributed by atoms with Gasteiger partial charge in [-0.15, -0.1) is 0 Å². The Balaban J connectivity index is 1.56. The van der Waals surface area contributed by atoms with E-state index in [1.165, 1.54) is 5.56 Å². The average molecular weight is 392 g/mol. The van der Waals surface area contributed by atoms with Gasteiger partial charge in [0, 0.05) is 18.5 Å². The fraction of sp³-hybridized carbons (Fsp3) is 0.417. The van der Waals surface area contributed by atoms with E-state index in [0.29, 0.717) is 18.8 Å². The van der Waals surface area contributed by atoms with Crippen LogP contribution in [0.4, 0.5) is 0 Å². The topological polar surface area (TPSA) is 56.2 Å². The minimum atomic E-state index is -0.140. The summed E-state index contributed by atoms with van der Waals surface area (Å²) in [7, 11) is 0. The Kier molecular flexibility index (Phi) is 5.41. The largest absolute Gasteiger partial charge is 0.376 e. The van der Waals surface area contributed by atoms with Gasteiger partial charge in [0.05, 0.1) is 18.2 Å². The molecule has 2 aromatic carbocycles. The third-order valence-corrected chi connectivity index (χ3v) is 5.54. The number of carbonyl (C=O) groups excluding carboxylic acids is 1. The maximum atomic E-state index is 12.8. The number of hydrogen-bond acceptors (Lipinski definition) is 3. The number of benzene rings is 2. The highest BCUT2D eigenvalue weighted by Crippen LogP contribution is 2.24. The quantitative estimate of drug-likeness (QED) is 0.706. The first-order valence-corrected chi connectivity index (χ1v) is 10.4. The van der Waals surface area contributed by atoms with E-state index in [1.807, 2.05) is 28.9 Å². The highest BCUT2D eigenvalue weighted by molar-refractivity contribution is 6.04. The minimum absolute atomic E-state index is 0.119. The second-order valence-corrected chi connectivity index (χ2v) is 8.82. The van der Waals surface area contributed by atoms with Crippen molar-refractivity contribution in [3.63, 3.8) is 0 Å². The van der Waals surface area contributed by atoms with Crippen molar-refractivity contribution in [2.24, 2.45) is 0 Å². The molecule has 3 aromatic rings. The van der Waals surface area contributed by atoms with Crippen LogP contribution in [-0.2, 0) is 16.7 Å². The van der Waals surface area contributed by atoms with E-state index in [0.717, 1.165) is 35.9 Å². The summed E-state index contributed by atoms with van der Waals surface area (Å²) in [6.07, 6.45) is 2.18. The smallest absolute Gasteiger partial charge is 0.272 e. The van der Waals surface area contributed by atoms with Crippen LogP contribution >= 0.6 is 0 Å². The lowest BCUT2D eigenvalue weighted by atomic mass is 9.87. The summed E-state index contributed by atoms with van der Waals surface area (Å²) in [5, 5.41) is 8.54. The number of carbonyl (C=O) groups is 1. The Labute approximate surface area is 172 Å². The normalized spacial score (nSPS) is 17.0. The molecule has 1 amide bonds. The Morgan fingerprint density at radius 2 is 1.93 bits per heavy atom. The van der Waals surface area contributed by atoms with Crippen LogP contribution in [0.15, 0.2) is 48.5 Å². The van der Waals surface area contributed by atoms with Crippen LogP contribution in [0.2, 0.25) is 0 Å². The molecule has 1 aliphatic rings. The van der Waals surface area contributed by atoms with Crippen LogP contribution in [0, 0.1) is 0 Å². The van der Waals surface area contributed by atoms with Crippen LogP contribution in [0.3, 0.4) is 0 Å². The molecule has 5 heteroatoms. The maximum absolute atomic E-state index is 12.8. The number of nitrogens with one attached hydrogen (secondary N) is 1. The molecule has 1 unspecified atom stereocenters. The predicted molar refractivity (Wildman–Crippen MR) is 115 cm³/mol. The number of hydrogen-bond donors (Lipinski definition) is 1. The SMILES string of the molecule is CC(C)(C)c1ccc(Cn2nc(C(=O)NCC3CCCO3)c3ccccc32)cc1. The molecule has 152 valence electrons. The second-order valence-electron chi connectivity index (χ2n) is 8.82. The van der Waals surface area contributed by atoms with E-state index < -0.39 is 0 Å². The molecule has 1 fully saturated rings. The Bertz CT molecular complexity index is 993. The molecule has 1 atom stereocenters. The van der Waals surface area contributed by atoms with Gasteiger partial charge in [0.2, 0.25) is 0 Å². The van der Waals surface area contributed by atoms with Gasteiger partial charge in [-0.1, -0.05) is 63.2 Å². The first-order valence-electron chi connectivity index (χ1n) is 10.4. The average Bonchev–Trinajstić information content (AvgIpc) is 3.34. The zero-order valence-electron chi connectivity index (χ0n) is 17.4. The molecule has 0 saturated carbocycles. The zero-order chi connectivity index (χ0) is 20.4. The first-order chi connectivity index (χ1) is 13.9. The van der Waals surface area contributed by atoms with Gasteiger partial charge >= 0.3 is 0 Å². The predicted octanol–water partition coefficient (Wildman–Crippen LogP) is 4.29. The Morgan fingerprint density at radius 3 is 2.62 bits per heavy atom. The number of ether oxygens (including phenoxy) is 1. The lowest BCUT2D eigenvalue weighted by molar-refractivity contribution is 0.0854. The molecule has 0 aliphatic carbocycles. The molecule has 1 N–H and O–H groups in total. The third kappa shape index (κ3) is 4.35. The Hall–Kier alpha value is -2.66. The first kappa shape index (κ1) is 19.6. The number of fused-ring (bicyclic) bond motifs is 1. The highest BCUT2D eigenvalue weighted by Gasteiger charge is 2.20. The third-order valence-electron chi connectivity index (χ3n) is 5.54. The van der Waals surface area contributed by atoms with Crippen LogP contribution in [0.25, 0.3) is 10.9 Å². The van der Waals surface area contributed by atoms with Crippen molar-refractivity contribution in [2.75, 3.05) is 13.2 Å². The van der Waals surface area contributed by atoms with Crippen molar-refractivity contribution in [1.29, 1.82) is 0 Å². The van der Waals surface area contributed by atoms with Crippen LogP contribution in [-0.4, -0.2) is 34.9 Å². The molecule has 1 saturated heterocycles. The van der Waals surface area contributed by atoms with Crippen molar-refractivity contribution in [2.45, 2.75) is 51.7 Å². The van der Waals surface area contributed by atoms with E-state index in [1.54, 1.807) is 0 Å². The minimum Gasteiger partial charge on any atom is -0.376 e. The molecule has 1 aliphatic heterocycles. The van der Waals surface area contributed by atoms with E-state index in [2.05, 4.69) is 55.5 Å². The summed E-state index contributed by atoms with van der Waals surface area (Å²) in [6, 6.07) is 16.6. The van der Waals surface area contributed by atoms with E-state index in [-0.39, 0.29) is 17.4 Å². The van der Waals surface area contributed by atoms with E-state index in [4.69, 9.17) is 4.74 Å². The summed E-state index contributed by atoms with van der Waals surface area (Å²) >= 11 is 0. The van der Waals surface area contributed by atoms with Crippen LogP contribution < -0.4 is 5.32 Å². The van der Waals surface area contributed by atoms with Gasteiger partial charge in [-0.25, -0.2) is 0 Å². The van der Waals surface area contributed by atoms with Crippen molar-refractivity contribution in [3.05, 3.63) is 65.4 Å². The van der Waals surface area contributed by atoms with E-state index >= 15 is 0 Å². The molecule has 0 radical (unpaired) electrons. The van der Waals surface area contributed by atoms with Gasteiger partial charge in [-0.2, -0.15) is 5.10 Å². The van der Waals surface area contributed by atoms with Crippen molar-refractivity contribution >= 4 is 16.8 Å². The van der Waals surface area contributed by atoms with Gasteiger partial charge < -0.3 is 10.1 Å². The maximum Gasteiger partial charge on any atom is 0.272 e. The molecule has 5 nitrogen and oxygen atoms in total. The van der Waals surface area contributed by atoms with E-state index in [9.17, 15) is 4.79 Å². The molecule has 0 spiro atoms. The summed E-state index contributed by atoms with van der Waals surface area (Å²) in [6.45, 7) is 8.59. The Morgan fingerprint density at radius 1 is 1.17 bits per heavy atom. The van der Waals surface area contributed by atoms with Crippen LogP contribution in [0.5, 0.6) is 0 Å². The van der Waals surface area contributed by atoms with Crippen LogP contribution in [0.1, 0.15) is 55.2 Å². The standard InChI is InChI=1S/C24H29N3O2/c1-24(2,3)18-12-10-17(11-13-18)16-27-21-9-5-4-8-20(21)22(26-27)23(28)25-15-19-7-6-14-29-19/h4-5,8-13,19H,6-7,14-16H2,1-3H3,(H,25,28). The number of nitrogens with zero attached hydrogens (tertiary/aromatic N) is 2. The lowest BCUT2D eigenvalue weighted by Crippen LogP contribution is -2.32. The monoisotopic (exact) mass is 391 g/mol. The molecule has 29 heavy (non-hydrogen) atoms. The summed E-state index contributed by atoms with van der Waals surface area (Å²) in [5.41, 5.74) is 4.04. The number of rotatable bonds is 5. The lowest BCUT2D eigenvalue weighted by Gasteiger charge is -2.19. The molecular weight excluding hydrogens is 362 g/mol. The second kappa shape index (κ2) is 7.99. The zero-order valence-corrected chi connectivity index (χ0v) is 17.4. The molecule has 1 aromatic heterocycles. The summed E-state index contributed by atoms with van der Waals surface area (Å²) in [5.74, 6) is -0.140.